The number of nitrogens with zero attached hydrogens (tertiary/aromatic N) is 4. The number of carbonyl (C=O) groups excluding carboxylic acids is 1. The van der Waals surface area contributed by atoms with E-state index in [0.29, 0.717) is 60.9 Å². The molecule has 12 heteroatoms. The lowest BCUT2D eigenvalue weighted by Gasteiger charge is -2.42. The maximum Gasteiger partial charge on any atom is 0.416 e. The van der Waals surface area contributed by atoms with Crippen LogP contribution in [-0.4, -0.2) is 66.9 Å². The fraction of sp³-hybridized carbons (Fsp3) is 0.400. The molecule has 9 nitrogen and oxygen atoms in total. The van der Waals surface area contributed by atoms with Gasteiger partial charge >= 0.3 is 6.18 Å². The van der Waals surface area contributed by atoms with Gasteiger partial charge < -0.3 is 25.4 Å². The van der Waals surface area contributed by atoms with Crippen molar-refractivity contribution in [2.24, 2.45) is 0 Å². The molecule has 3 N–H and O–H groups in total. The number of nitrogens with one attached hydrogen (secondary N) is 2. The zero-order chi connectivity index (χ0) is 30.3. The Morgan fingerprint density at radius 2 is 1.98 bits per heavy atom. The van der Waals surface area contributed by atoms with Gasteiger partial charge in [-0.2, -0.15) is 18.4 Å². The molecule has 42 heavy (non-hydrogen) atoms. The molecule has 0 bridgehead atoms. The number of nitriles is 1. The maximum atomic E-state index is 13.8. The summed E-state index contributed by atoms with van der Waals surface area (Å²) in [4.78, 5) is 24.6. The fourth-order valence-electron chi connectivity index (χ4n) is 5.17. The smallest absolute Gasteiger partial charge is 0.416 e. The molecular formula is C30H33F3N6O3. The van der Waals surface area contributed by atoms with E-state index in [0.717, 1.165) is 12.1 Å². The second-order valence-corrected chi connectivity index (χ2v) is 10.0. The molecule has 2 aromatic heterocycles. The van der Waals surface area contributed by atoms with Crippen LogP contribution in [0.15, 0.2) is 54.9 Å². The SMILES string of the molecule is CCOc1ncccc1-c1ccc(C2(C(=O)NC[C@@H](CO)NC)CCN(c3ccc(C(F)(F)F)cc3C#N)CC2)cn1. The first-order valence-corrected chi connectivity index (χ1v) is 13.6. The summed E-state index contributed by atoms with van der Waals surface area (Å²) in [6.07, 6.45) is -0.612. The van der Waals surface area contributed by atoms with Crippen molar-refractivity contribution in [2.45, 2.75) is 37.4 Å². The molecule has 3 aromatic rings. The van der Waals surface area contributed by atoms with Gasteiger partial charge in [-0.05, 0) is 68.8 Å². The molecule has 1 aromatic carbocycles. The van der Waals surface area contributed by atoms with Gasteiger partial charge in [-0.15, -0.1) is 0 Å². The zero-order valence-corrected chi connectivity index (χ0v) is 23.4. The van der Waals surface area contributed by atoms with Crippen LogP contribution in [0.2, 0.25) is 0 Å². The van der Waals surface area contributed by atoms with E-state index in [4.69, 9.17) is 4.74 Å². The predicted molar refractivity (Wildman–Crippen MR) is 151 cm³/mol. The Morgan fingerprint density at radius 3 is 2.57 bits per heavy atom. The van der Waals surface area contributed by atoms with E-state index in [1.54, 1.807) is 25.5 Å². The highest BCUT2D eigenvalue weighted by Gasteiger charge is 2.44. The van der Waals surface area contributed by atoms with E-state index in [2.05, 4.69) is 20.6 Å². The summed E-state index contributed by atoms with van der Waals surface area (Å²) < 4.78 is 45.3. The highest BCUT2D eigenvalue weighted by Crippen LogP contribution is 2.40. The van der Waals surface area contributed by atoms with Crippen molar-refractivity contribution in [1.29, 1.82) is 5.26 Å². The highest BCUT2D eigenvalue weighted by atomic mass is 19.4. The van der Waals surface area contributed by atoms with Crippen LogP contribution in [0.4, 0.5) is 18.9 Å². The Labute approximate surface area is 242 Å². The first kappa shape index (κ1) is 30.7. The van der Waals surface area contributed by atoms with Crippen molar-refractivity contribution in [2.75, 3.05) is 44.8 Å². The summed E-state index contributed by atoms with van der Waals surface area (Å²) in [6.45, 7) is 2.99. The van der Waals surface area contributed by atoms with Crippen LogP contribution in [0.3, 0.4) is 0 Å². The number of halogens is 3. The van der Waals surface area contributed by atoms with Gasteiger partial charge in [0.15, 0.2) is 0 Å². The minimum absolute atomic E-state index is 0.0748. The number of rotatable bonds is 10. The standard InChI is InChI=1S/C30H33F3N6O3/c1-3-42-27-24(5-4-12-36-27)25-8-6-22(17-37-25)29(28(41)38-18-23(19-40)35-2)10-13-39(14-11-29)26-9-7-21(30(31,32)33)15-20(26)16-34/h4-9,12,15,17,23,35,40H,3,10-11,13-14,18-19H2,1-2H3,(H,38,41)/t23-/m0/s1. The Kier molecular flexibility index (Phi) is 9.65. The number of carbonyl (C=O) groups is 1. The van der Waals surface area contributed by atoms with Gasteiger partial charge in [0.25, 0.3) is 0 Å². The molecule has 1 amide bonds. The topological polar surface area (TPSA) is 123 Å². The molecule has 1 saturated heterocycles. The van der Waals surface area contributed by atoms with Gasteiger partial charge in [-0.3, -0.25) is 9.78 Å². The van der Waals surface area contributed by atoms with Crippen LogP contribution in [0.1, 0.15) is 36.5 Å². The number of anilines is 1. The number of aliphatic hydroxyl groups is 1. The number of alkyl halides is 3. The molecule has 1 aliphatic rings. The predicted octanol–water partition coefficient (Wildman–Crippen LogP) is 3.67. The number of piperidine rings is 1. The van der Waals surface area contributed by atoms with Crippen LogP contribution in [-0.2, 0) is 16.4 Å². The van der Waals surface area contributed by atoms with Crippen LogP contribution in [0, 0.1) is 11.3 Å². The Bertz CT molecular complexity index is 1410. The van der Waals surface area contributed by atoms with E-state index in [1.807, 2.05) is 36.1 Å². The summed E-state index contributed by atoms with van der Waals surface area (Å²) in [7, 11) is 1.69. The van der Waals surface area contributed by atoms with Crippen molar-refractivity contribution in [3.63, 3.8) is 0 Å². The lowest BCUT2D eigenvalue weighted by Crippen LogP contribution is -2.54. The van der Waals surface area contributed by atoms with Crippen molar-refractivity contribution in [3.05, 3.63) is 71.5 Å². The van der Waals surface area contributed by atoms with E-state index < -0.39 is 17.2 Å². The number of likely N-dealkylation sites (N-methyl/N-ethyl adjacent to an activating group) is 1. The summed E-state index contributed by atoms with van der Waals surface area (Å²) in [6, 6.07) is 12.0. The molecule has 0 saturated carbocycles. The number of hydrogen-bond acceptors (Lipinski definition) is 8. The lowest BCUT2D eigenvalue weighted by molar-refractivity contribution is -0.137. The van der Waals surface area contributed by atoms with Crippen molar-refractivity contribution < 1.29 is 27.8 Å². The first-order chi connectivity index (χ1) is 20.2. The third-order valence-corrected chi connectivity index (χ3v) is 7.62. The van der Waals surface area contributed by atoms with E-state index in [-0.39, 0.29) is 30.7 Å². The maximum absolute atomic E-state index is 13.8. The van der Waals surface area contributed by atoms with Crippen molar-refractivity contribution >= 4 is 11.6 Å². The summed E-state index contributed by atoms with van der Waals surface area (Å²) in [5.74, 6) is 0.211. The minimum atomic E-state index is -4.56. The number of benzene rings is 1. The van der Waals surface area contributed by atoms with E-state index in [9.17, 15) is 28.3 Å². The normalized spacial score (nSPS) is 15.5. The average molecular weight is 583 g/mol. The quantitative estimate of drug-likeness (QED) is 0.331. The zero-order valence-electron chi connectivity index (χ0n) is 23.4. The van der Waals surface area contributed by atoms with Gasteiger partial charge in [-0.1, -0.05) is 6.07 Å². The van der Waals surface area contributed by atoms with Crippen LogP contribution in [0.5, 0.6) is 5.88 Å². The van der Waals surface area contributed by atoms with Gasteiger partial charge in [0.1, 0.15) is 6.07 Å². The number of aromatic nitrogens is 2. The molecule has 3 heterocycles. The average Bonchev–Trinajstić information content (AvgIpc) is 3.01. The Balaban J connectivity index is 1.64. The number of aliphatic hydroxyl groups excluding tert-OH is 1. The first-order valence-electron chi connectivity index (χ1n) is 13.6. The highest BCUT2D eigenvalue weighted by molar-refractivity contribution is 5.89. The third-order valence-electron chi connectivity index (χ3n) is 7.62. The van der Waals surface area contributed by atoms with Crippen LogP contribution >= 0.6 is 0 Å². The van der Waals surface area contributed by atoms with Crippen LogP contribution in [0.25, 0.3) is 11.3 Å². The number of pyridine rings is 2. The van der Waals surface area contributed by atoms with E-state index in [1.165, 1.54) is 6.07 Å². The molecule has 222 valence electrons. The molecule has 0 radical (unpaired) electrons. The number of amides is 1. The van der Waals surface area contributed by atoms with Gasteiger partial charge in [0, 0.05) is 38.1 Å². The minimum Gasteiger partial charge on any atom is -0.477 e. The summed E-state index contributed by atoms with van der Waals surface area (Å²) in [5, 5.41) is 25.1. The molecule has 1 fully saturated rings. The molecule has 0 unspecified atom stereocenters. The van der Waals surface area contributed by atoms with Gasteiger partial charge in [-0.25, -0.2) is 4.98 Å². The summed E-state index contributed by atoms with van der Waals surface area (Å²) >= 11 is 0. The number of hydrogen-bond donors (Lipinski definition) is 3. The molecule has 1 aliphatic heterocycles. The van der Waals surface area contributed by atoms with Gasteiger partial charge in [0.05, 0.1) is 46.7 Å². The van der Waals surface area contributed by atoms with Crippen molar-refractivity contribution in [1.82, 2.24) is 20.6 Å². The molecular weight excluding hydrogens is 549 g/mol. The van der Waals surface area contributed by atoms with Crippen LogP contribution < -0.4 is 20.3 Å². The molecule has 4 rings (SSSR count). The second kappa shape index (κ2) is 13.2. The molecule has 0 aliphatic carbocycles. The largest absolute Gasteiger partial charge is 0.477 e. The molecule has 0 spiro atoms. The molecule has 1 atom stereocenters. The summed E-state index contributed by atoms with van der Waals surface area (Å²) in [5.41, 5.74) is 0.462. The fourth-order valence-corrected chi connectivity index (χ4v) is 5.17. The monoisotopic (exact) mass is 582 g/mol. The van der Waals surface area contributed by atoms with Gasteiger partial charge in [0.2, 0.25) is 11.8 Å². The second-order valence-electron chi connectivity index (χ2n) is 10.0. The number of ether oxygens (including phenoxy) is 1. The Hall–Kier alpha value is -4.21. The Morgan fingerprint density at radius 1 is 1.21 bits per heavy atom. The lowest BCUT2D eigenvalue weighted by atomic mass is 9.72. The van der Waals surface area contributed by atoms with Crippen molar-refractivity contribution in [3.8, 4) is 23.2 Å². The van der Waals surface area contributed by atoms with E-state index >= 15 is 0 Å². The third kappa shape index (κ3) is 6.48.